The van der Waals surface area contributed by atoms with Crippen molar-refractivity contribution in [2.24, 2.45) is 17.8 Å². The largest absolute Gasteiger partial charge is 0.505 e. The van der Waals surface area contributed by atoms with Crippen LogP contribution in [0.2, 0.25) is 0 Å². The summed E-state index contributed by atoms with van der Waals surface area (Å²) in [6.07, 6.45) is 4.24. The number of halogens is 1. The summed E-state index contributed by atoms with van der Waals surface area (Å²) in [6, 6.07) is 4.29. The molecule has 3 rings (SSSR count). The molecule has 4 unspecified atom stereocenters. The lowest BCUT2D eigenvalue weighted by Crippen LogP contribution is -2.47. The fourth-order valence-electron chi connectivity index (χ4n) is 4.45. The number of aliphatic hydroxyl groups is 1. The Bertz CT molecular complexity index is 534. The molecule has 2 aliphatic carbocycles. The van der Waals surface area contributed by atoms with Crippen molar-refractivity contribution in [1.82, 2.24) is 4.90 Å². The fraction of sp³-hybridized carbons (Fsp3) is 0.647. The first-order chi connectivity index (χ1) is 9.90. The Morgan fingerprint density at radius 2 is 2.10 bits per heavy atom. The third-order valence-electron chi connectivity index (χ3n) is 5.37. The average Bonchev–Trinajstić information content (AvgIpc) is 2.81. The van der Waals surface area contributed by atoms with E-state index in [4.69, 9.17) is 0 Å². The fourth-order valence-corrected chi connectivity index (χ4v) is 4.45. The van der Waals surface area contributed by atoms with Gasteiger partial charge in [-0.15, -0.1) is 0 Å². The summed E-state index contributed by atoms with van der Waals surface area (Å²) in [5.74, 6) is 0.192. The number of hydrogen-bond donors (Lipinski definition) is 2. The molecule has 116 valence electrons. The molecule has 2 saturated carbocycles. The molecule has 2 aliphatic rings. The highest BCUT2D eigenvalue weighted by molar-refractivity contribution is 5.34. The molecule has 1 aromatic rings. The topological polar surface area (TPSA) is 43.7 Å². The van der Waals surface area contributed by atoms with Crippen molar-refractivity contribution in [3.05, 3.63) is 29.6 Å². The summed E-state index contributed by atoms with van der Waals surface area (Å²) in [6.45, 7) is 0.812. The van der Waals surface area contributed by atoms with E-state index in [2.05, 4.69) is 4.90 Å². The van der Waals surface area contributed by atoms with Gasteiger partial charge in [0.2, 0.25) is 0 Å². The molecule has 0 saturated heterocycles. The van der Waals surface area contributed by atoms with E-state index in [9.17, 15) is 14.6 Å². The van der Waals surface area contributed by atoms with Gasteiger partial charge in [0, 0.05) is 12.5 Å². The highest BCUT2D eigenvalue weighted by Gasteiger charge is 2.51. The Labute approximate surface area is 125 Å². The van der Waals surface area contributed by atoms with Gasteiger partial charge in [-0.25, -0.2) is 4.39 Å². The SMILES string of the molecule is CN(C)CC1C2CCC(C2)CC1(O)c1ccc(F)c(O)c1. The van der Waals surface area contributed by atoms with E-state index in [1.54, 1.807) is 6.07 Å². The van der Waals surface area contributed by atoms with Crippen molar-refractivity contribution in [3.63, 3.8) is 0 Å². The van der Waals surface area contributed by atoms with Crippen LogP contribution in [0.15, 0.2) is 18.2 Å². The Balaban J connectivity index is 2.00. The van der Waals surface area contributed by atoms with Crippen LogP contribution >= 0.6 is 0 Å². The second-order valence-electron chi connectivity index (χ2n) is 7.10. The van der Waals surface area contributed by atoms with Gasteiger partial charge in [-0.2, -0.15) is 0 Å². The molecule has 0 amide bonds. The Morgan fingerprint density at radius 1 is 1.33 bits per heavy atom. The van der Waals surface area contributed by atoms with Crippen LogP contribution in [0.3, 0.4) is 0 Å². The van der Waals surface area contributed by atoms with Crippen LogP contribution in [-0.2, 0) is 5.60 Å². The second-order valence-corrected chi connectivity index (χ2v) is 7.10. The van der Waals surface area contributed by atoms with Crippen LogP contribution in [0.5, 0.6) is 5.75 Å². The summed E-state index contributed by atoms with van der Waals surface area (Å²) < 4.78 is 13.3. The molecule has 4 atom stereocenters. The lowest BCUT2D eigenvalue weighted by atomic mass is 9.66. The molecule has 0 aromatic heterocycles. The third-order valence-corrected chi connectivity index (χ3v) is 5.37. The van der Waals surface area contributed by atoms with Crippen LogP contribution in [0, 0.1) is 23.6 Å². The summed E-state index contributed by atoms with van der Waals surface area (Å²) in [4.78, 5) is 2.11. The number of fused-ring (bicyclic) bond motifs is 2. The number of nitrogens with zero attached hydrogens (tertiary/aromatic N) is 1. The van der Waals surface area contributed by atoms with E-state index < -0.39 is 11.4 Å². The van der Waals surface area contributed by atoms with Gasteiger partial charge in [0.1, 0.15) is 0 Å². The standard InChI is InChI=1S/C17H24FNO2/c1-19(2)10-14-12-4-3-11(7-12)9-17(14,21)13-5-6-15(18)16(20)8-13/h5-6,8,11-12,14,20-21H,3-4,7,9-10H2,1-2H3. The number of hydrogen-bond acceptors (Lipinski definition) is 3. The van der Waals surface area contributed by atoms with E-state index in [1.807, 2.05) is 14.1 Å². The van der Waals surface area contributed by atoms with Crippen LogP contribution in [0.4, 0.5) is 4.39 Å². The average molecular weight is 293 g/mol. The molecule has 0 radical (unpaired) electrons. The number of aromatic hydroxyl groups is 1. The third kappa shape index (κ3) is 2.55. The van der Waals surface area contributed by atoms with Crippen LogP contribution < -0.4 is 0 Å². The van der Waals surface area contributed by atoms with E-state index in [0.29, 0.717) is 23.8 Å². The van der Waals surface area contributed by atoms with Crippen LogP contribution in [0.25, 0.3) is 0 Å². The van der Waals surface area contributed by atoms with E-state index in [-0.39, 0.29) is 11.7 Å². The van der Waals surface area contributed by atoms with Gasteiger partial charge in [-0.05, 0) is 62.9 Å². The minimum absolute atomic E-state index is 0.135. The van der Waals surface area contributed by atoms with Gasteiger partial charge >= 0.3 is 0 Å². The van der Waals surface area contributed by atoms with Gasteiger partial charge in [-0.3, -0.25) is 0 Å². The second kappa shape index (κ2) is 5.25. The van der Waals surface area contributed by atoms with Gasteiger partial charge < -0.3 is 15.1 Å². The monoisotopic (exact) mass is 293 g/mol. The van der Waals surface area contributed by atoms with Crippen molar-refractivity contribution < 1.29 is 14.6 Å². The lowest BCUT2D eigenvalue weighted by Gasteiger charge is -2.45. The smallest absolute Gasteiger partial charge is 0.164 e. The van der Waals surface area contributed by atoms with Gasteiger partial charge in [0.15, 0.2) is 11.6 Å². The Kier molecular flexibility index (Phi) is 3.70. The summed E-state index contributed by atoms with van der Waals surface area (Å²) in [5.41, 5.74) is -0.302. The maximum Gasteiger partial charge on any atom is 0.164 e. The van der Waals surface area contributed by atoms with Crippen molar-refractivity contribution in [3.8, 4) is 5.75 Å². The Morgan fingerprint density at radius 3 is 2.76 bits per heavy atom. The predicted octanol–water partition coefficient (Wildman–Crippen LogP) is 2.72. The molecule has 0 aliphatic heterocycles. The molecule has 3 nitrogen and oxygen atoms in total. The maximum atomic E-state index is 13.3. The van der Waals surface area contributed by atoms with E-state index in [1.165, 1.54) is 31.4 Å². The minimum atomic E-state index is -0.959. The number of phenolic OH excluding ortho intramolecular Hbond substituents is 1. The first kappa shape index (κ1) is 14.8. The van der Waals surface area contributed by atoms with Gasteiger partial charge in [0.05, 0.1) is 5.60 Å². The van der Waals surface area contributed by atoms with Crippen LogP contribution in [-0.4, -0.2) is 35.8 Å². The first-order valence-electron chi connectivity index (χ1n) is 7.76. The molecule has 0 heterocycles. The van der Waals surface area contributed by atoms with Gasteiger partial charge in [-0.1, -0.05) is 12.5 Å². The molecular formula is C17H24FNO2. The molecular weight excluding hydrogens is 269 g/mol. The number of benzene rings is 1. The maximum absolute atomic E-state index is 13.3. The van der Waals surface area contributed by atoms with Crippen molar-refractivity contribution in [2.75, 3.05) is 20.6 Å². The van der Waals surface area contributed by atoms with Crippen LogP contribution in [0.1, 0.15) is 31.2 Å². The van der Waals surface area contributed by atoms with Crippen molar-refractivity contribution in [1.29, 1.82) is 0 Å². The van der Waals surface area contributed by atoms with Crippen molar-refractivity contribution in [2.45, 2.75) is 31.3 Å². The zero-order chi connectivity index (χ0) is 15.2. The summed E-state index contributed by atoms with van der Waals surface area (Å²) in [7, 11) is 4.03. The zero-order valence-electron chi connectivity index (χ0n) is 12.7. The number of rotatable bonds is 3. The molecule has 4 heteroatoms. The molecule has 2 fully saturated rings. The highest BCUT2D eigenvalue weighted by Crippen LogP contribution is 2.54. The van der Waals surface area contributed by atoms with E-state index in [0.717, 1.165) is 6.54 Å². The zero-order valence-corrected chi connectivity index (χ0v) is 12.7. The highest BCUT2D eigenvalue weighted by atomic mass is 19.1. The van der Waals surface area contributed by atoms with Crippen molar-refractivity contribution >= 4 is 0 Å². The quantitative estimate of drug-likeness (QED) is 0.900. The normalized spacial score (nSPS) is 35.4. The number of phenols is 1. The predicted molar refractivity (Wildman–Crippen MR) is 79.5 cm³/mol. The first-order valence-corrected chi connectivity index (χ1v) is 7.76. The summed E-state index contributed by atoms with van der Waals surface area (Å²) >= 11 is 0. The minimum Gasteiger partial charge on any atom is -0.505 e. The molecule has 21 heavy (non-hydrogen) atoms. The molecule has 0 spiro atoms. The lowest BCUT2D eigenvalue weighted by molar-refractivity contribution is -0.0892. The van der Waals surface area contributed by atoms with Gasteiger partial charge in [0.25, 0.3) is 0 Å². The molecule has 2 bridgehead atoms. The summed E-state index contributed by atoms with van der Waals surface area (Å²) in [5, 5.41) is 21.1. The molecule has 2 N–H and O–H groups in total. The molecule has 1 aromatic carbocycles. The Hall–Kier alpha value is -1.13. The van der Waals surface area contributed by atoms with E-state index >= 15 is 0 Å².